The number of benzene rings is 1. The van der Waals surface area contributed by atoms with Crippen molar-refractivity contribution in [3.8, 4) is 5.75 Å². The molecule has 1 fully saturated rings. The minimum atomic E-state index is 0.107. The average Bonchev–Trinajstić information content (AvgIpc) is 2.38. The summed E-state index contributed by atoms with van der Waals surface area (Å²) in [5, 5.41) is 0.107. The molecule has 1 aromatic rings. The van der Waals surface area contributed by atoms with Gasteiger partial charge in [0.05, 0.1) is 18.4 Å². The highest BCUT2D eigenvalue weighted by atomic mass is 35.5. The molecule has 1 unspecified atom stereocenters. The zero-order valence-electron chi connectivity index (χ0n) is 11.3. The van der Waals surface area contributed by atoms with Gasteiger partial charge in [-0.15, -0.1) is 11.6 Å². The molecule has 0 saturated carbocycles. The number of nitrogens with zero attached hydrogens (tertiary/aromatic N) is 1. The summed E-state index contributed by atoms with van der Waals surface area (Å²) in [7, 11) is 0. The first-order valence-corrected chi connectivity index (χ1v) is 7.20. The maximum Gasteiger partial charge on any atom is 0.226 e. The molecule has 4 heteroatoms. The van der Waals surface area contributed by atoms with E-state index in [0.29, 0.717) is 19.6 Å². The number of carbonyl (C=O) groups is 1. The second-order valence-corrected chi connectivity index (χ2v) is 5.61. The molecule has 0 N–H and O–H groups in total. The molecule has 0 radical (unpaired) electrons. The fourth-order valence-electron chi connectivity index (χ4n) is 2.27. The van der Waals surface area contributed by atoms with Gasteiger partial charge in [-0.25, -0.2) is 0 Å². The lowest BCUT2D eigenvalue weighted by atomic mass is 10.1. The van der Waals surface area contributed by atoms with Gasteiger partial charge in [-0.05, 0) is 37.5 Å². The fraction of sp³-hybridized carbons (Fsp3) is 0.533. The van der Waals surface area contributed by atoms with Crippen molar-refractivity contribution in [2.45, 2.75) is 31.6 Å². The molecule has 2 rings (SSSR count). The number of likely N-dealkylation sites (tertiary alicyclic amines) is 1. The number of hydrogen-bond donors (Lipinski definition) is 0. The van der Waals surface area contributed by atoms with E-state index in [-0.39, 0.29) is 11.3 Å². The van der Waals surface area contributed by atoms with E-state index in [1.807, 2.05) is 36.1 Å². The number of piperidine rings is 1. The Labute approximate surface area is 119 Å². The van der Waals surface area contributed by atoms with Crippen LogP contribution in [0, 0.1) is 6.92 Å². The van der Waals surface area contributed by atoms with E-state index in [9.17, 15) is 4.79 Å². The van der Waals surface area contributed by atoms with Crippen molar-refractivity contribution in [1.82, 2.24) is 4.90 Å². The number of alkyl halides is 1. The summed E-state index contributed by atoms with van der Waals surface area (Å²) in [6, 6.07) is 7.86. The van der Waals surface area contributed by atoms with Gasteiger partial charge in [0.15, 0.2) is 0 Å². The first-order valence-electron chi connectivity index (χ1n) is 6.76. The molecule has 1 aliphatic rings. The van der Waals surface area contributed by atoms with Crippen LogP contribution in [0.25, 0.3) is 0 Å². The smallest absolute Gasteiger partial charge is 0.226 e. The topological polar surface area (TPSA) is 29.5 Å². The SMILES string of the molecule is Cc1cccc(OCCC(=O)N2CCCC(Cl)C2)c1. The van der Waals surface area contributed by atoms with Crippen LogP contribution in [0.1, 0.15) is 24.8 Å². The van der Waals surface area contributed by atoms with Gasteiger partial charge in [0, 0.05) is 13.1 Å². The Balaban J connectivity index is 1.74. The Morgan fingerprint density at radius 1 is 1.53 bits per heavy atom. The van der Waals surface area contributed by atoms with Crippen molar-refractivity contribution in [3.05, 3.63) is 29.8 Å². The van der Waals surface area contributed by atoms with Gasteiger partial charge in [0.25, 0.3) is 0 Å². The number of amides is 1. The molecule has 3 nitrogen and oxygen atoms in total. The van der Waals surface area contributed by atoms with Gasteiger partial charge >= 0.3 is 0 Å². The number of aryl methyl sites for hydroxylation is 1. The maximum absolute atomic E-state index is 12.0. The van der Waals surface area contributed by atoms with Crippen molar-refractivity contribution < 1.29 is 9.53 Å². The first-order chi connectivity index (χ1) is 9.15. The standard InChI is InChI=1S/C15H20ClNO2/c1-12-4-2-6-14(10-12)19-9-7-15(18)17-8-3-5-13(16)11-17/h2,4,6,10,13H,3,5,7-9,11H2,1H3. The second-order valence-electron chi connectivity index (χ2n) is 4.99. The van der Waals surface area contributed by atoms with E-state index in [4.69, 9.17) is 16.3 Å². The summed E-state index contributed by atoms with van der Waals surface area (Å²) in [4.78, 5) is 13.8. The number of ether oxygens (including phenoxy) is 1. The fourth-order valence-corrected chi connectivity index (χ4v) is 2.59. The number of halogens is 1. The molecule has 1 saturated heterocycles. The molecule has 1 amide bonds. The molecular formula is C15H20ClNO2. The van der Waals surface area contributed by atoms with Crippen LogP contribution >= 0.6 is 11.6 Å². The monoisotopic (exact) mass is 281 g/mol. The third-order valence-electron chi connectivity index (χ3n) is 3.29. The van der Waals surface area contributed by atoms with Crippen LogP contribution in [-0.2, 0) is 4.79 Å². The Morgan fingerprint density at radius 3 is 3.11 bits per heavy atom. The number of carbonyl (C=O) groups excluding carboxylic acids is 1. The molecule has 104 valence electrons. The molecule has 1 heterocycles. The van der Waals surface area contributed by atoms with E-state index in [1.165, 1.54) is 0 Å². The van der Waals surface area contributed by atoms with Crippen LogP contribution in [0.3, 0.4) is 0 Å². The molecule has 0 aromatic heterocycles. The highest BCUT2D eigenvalue weighted by Crippen LogP contribution is 2.16. The maximum atomic E-state index is 12.0. The Bertz CT molecular complexity index is 436. The summed E-state index contributed by atoms with van der Waals surface area (Å²) in [6.45, 7) is 3.94. The summed E-state index contributed by atoms with van der Waals surface area (Å²) in [5.41, 5.74) is 1.16. The number of rotatable bonds is 4. The largest absolute Gasteiger partial charge is 0.493 e. The third kappa shape index (κ3) is 4.43. The predicted octanol–water partition coefficient (Wildman–Crippen LogP) is 2.99. The van der Waals surface area contributed by atoms with Crippen LogP contribution in [0.2, 0.25) is 0 Å². The van der Waals surface area contributed by atoms with Crippen LogP contribution in [0.5, 0.6) is 5.75 Å². The average molecular weight is 282 g/mol. The lowest BCUT2D eigenvalue weighted by Gasteiger charge is -2.29. The lowest BCUT2D eigenvalue weighted by molar-refractivity contribution is -0.132. The summed E-state index contributed by atoms with van der Waals surface area (Å²) >= 11 is 6.08. The van der Waals surface area contributed by atoms with Gasteiger partial charge in [-0.3, -0.25) is 4.79 Å². The third-order valence-corrected chi connectivity index (χ3v) is 3.65. The highest BCUT2D eigenvalue weighted by molar-refractivity contribution is 6.20. The van der Waals surface area contributed by atoms with Crippen LogP contribution in [0.15, 0.2) is 24.3 Å². The zero-order valence-corrected chi connectivity index (χ0v) is 12.0. The number of hydrogen-bond acceptors (Lipinski definition) is 2. The minimum Gasteiger partial charge on any atom is -0.493 e. The van der Waals surface area contributed by atoms with Gasteiger partial charge in [0.2, 0.25) is 5.91 Å². The van der Waals surface area contributed by atoms with Crippen molar-refractivity contribution in [3.63, 3.8) is 0 Å². The molecule has 19 heavy (non-hydrogen) atoms. The zero-order chi connectivity index (χ0) is 13.7. The quantitative estimate of drug-likeness (QED) is 0.794. The van der Waals surface area contributed by atoms with Crippen molar-refractivity contribution >= 4 is 17.5 Å². The van der Waals surface area contributed by atoms with Gasteiger partial charge in [-0.2, -0.15) is 0 Å². The lowest BCUT2D eigenvalue weighted by Crippen LogP contribution is -2.40. The van der Waals surface area contributed by atoms with E-state index in [1.54, 1.807) is 0 Å². The summed E-state index contributed by atoms with van der Waals surface area (Å²) in [6.07, 6.45) is 2.42. The van der Waals surface area contributed by atoms with E-state index < -0.39 is 0 Å². The molecule has 1 atom stereocenters. The van der Waals surface area contributed by atoms with Crippen molar-refractivity contribution in [1.29, 1.82) is 0 Å². The normalized spacial score (nSPS) is 19.3. The Hall–Kier alpha value is -1.22. The molecule has 1 aromatic carbocycles. The summed E-state index contributed by atoms with van der Waals surface area (Å²) in [5.74, 6) is 0.958. The molecule has 1 aliphatic heterocycles. The Kier molecular flexibility index (Phi) is 5.08. The van der Waals surface area contributed by atoms with Crippen molar-refractivity contribution in [2.75, 3.05) is 19.7 Å². The summed E-state index contributed by atoms with van der Waals surface area (Å²) < 4.78 is 5.59. The van der Waals surface area contributed by atoms with Crippen molar-refractivity contribution in [2.24, 2.45) is 0 Å². The second kappa shape index (κ2) is 6.80. The molecule has 0 bridgehead atoms. The Morgan fingerprint density at radius 2 is 2.37 bits per heavy atom. The van der Waals surface area contributed by atoms with E-state index >= 15 is 0 Å². The van der Waals surface area contributed by atoms with E-state index in [2.05, 4.69) is 0 Å². The molecule has 0 aliphatic carbocycles. The van der Waals surface area contributed by atoms with Crippen LogP contribution in [0.4, 0.5) is 0 Å². The van der Waals surface area contributed by atoms with Crippen LogP contribution in [-0.4, -0.2) is 35.9 Å². The van der Waals surface area contributed by atoms with Gasteiger partial charge < -0.3 is 9.64 Å². The van der Waals surface area contributed by atoms with Gasteiger partial charge in [0.1, 0.15) is 5.75 Å². The predicted molar refractivity (Wildman–Crippen MR) is 76.7 cm³/mol. The molecule has 0 spiro atoms. The van der Waals surface area contributed by atoms with Gasteiger partial charge in [-0.1, -0.05) is 12.1 Å². The minimum absolute atomic E-state index is 0.107. The molecular weight excluding hydrogens is 262 g/mol. The van der Waals surface area contributed by atoms with Crippen LogP contribution < -0.4 is 4.74 Å². The highest BCUT2D eigenvalue weighted by Gasteiger charge is 2.21. The first kappa shape index (κ1) is 14.2. The van der Waals surface area contributed by atoms with E-state index in [0.717, 1.165) is 30.7 Å².